The van der Waals surface area contributed by atoms with Crippen LogP contribution in [0.1, 0.15) is 27.7 Å². The van der Waals surface area contributed by atoms with E-state index in [2.05, 4.69) is 15.6 Å². The first-order valence-corrected chi connectivity index (χ1v) is 11.7. The van der Waals surface area contributed by atoms with E-state index in [9.17, 15) is 14.7 Å². The van der Waals surface area contributed by atoms with Gasteiger partial charge in [0.1, 0.15) is 5.75 Å². The second kappa shape index (κ2) is 10.3. The number of thiazole rings is 1. The molecule has 172 valence electrons. The van der Waals surface area contributed by atoms with E-state index in [1.807, 2.05) is 55.5 Å². The second-order valence-electron chi connectivity index (χ2n) is 8.00. The topological polar surface area (TPSA) is 91.3 Å². The van der Waals surface area contributed by atoms with Gasteiger partial charge >= 0.3 is 0 Å². The Kier molecular flexibility index (Phi) is 7.04. The first-order chi connectivity index (χ1) is 16.4. The van der Waals surface area contributed by atoms with Crippen molar-refractivity contribution in [1.82, 2.24) is 10.3 Å². The lowest BCUT2D eigenvalue weighted by molar-refractivity contribution is -0.118. The smallest absolute Gasteiger partial charge is 0.251 e. The highest BCUT2D eigenvalue weighted by atomic mass is 32.1. The normalized spacial score (nSPS) is 11.6. The van der Waals surface area contributed by atoms with Crippen molar-refractivity contribution in [2.24, 2.45) is 0 Å². The van der Waals surface area contributed by atoms with Crippen molar-refractivity contribution in [2.75, 3.05) is 5.32 Å². The zero-order valence-corrected chi connectivity index (χ0v) is 19.7. The molecule has 1 amide bonds. The summed E-state index contributed by atoms with van der Waals surface area (Å²) in [5.74, 6) is -0.188. The van der Waals surface area contributed by atoms with Gasteiger partial charge in [-0.05, 0) is 68.3 Å². The molecular weight excluding hydrogens is 446 g/mol. The Morgan fingerprint density at radius 3 is 2.44 bits per heavy atom. The molecule has 1 atom stereocenters. The average Bonchev–Trinajstić information content (AvgIpc) is 3.19. The third-order valence-corrected chi connectivity index (χ3v) is 6.28. The lowest BCUT2D eigenvalue weighted by Gasteiger charge is -2.16. The number of rotatable bonds is 8. The second-order valence-corrected chi connectivity index (χ2v) is 9.21. The van der Waals surface area contributed by atoms with Crippen LogP contribution >= 0.6 is 11.3 Å². The van der Waals surface area contributed by atoms with E-state index in [0.29, 0.717) is 17.1 Å². The molecule has 3 aromatic carbocycles. The van der Waals surface area contributed by atoms with Crippen molar-refractivity contribution in [3.8, 4) is 17.0 Å². The molecule has 4 rings (SSSR count). The summed E-state index contributed by atoms with van der Waals surface area (Å²) in [6.45, 7) is 3.48. The molecule has 0 radical (unpaired) electrons. The Hall–Kier alpha value is -3.97. The van der Waals surface area contributed by atoms with Crippen molar-refractivity contribution in [3.05, 3.63) is 94.9 Å². The van der Waals surface area contributed by atoms with Gasteiger partial charge in [-0.15, -0.1) is 11.3 Å². The molecule has 3 N–H and O–H groups in total. The number of aryl methyl sites for hydroxylation is 1. The highest BCUT2D eigenvalue weighted by Gasteiger charge is 2.19. The SMILES string of the molecule is CC(=O)[C@H](Cc1ccccc1)NC(=O)c1cccc(Nc2nc(-c3ccc(O)cc3)c(C)s2)c1. The summed E-state index contributed by atoms with van der Waals surface area (Å²) in [4.78, 5) is 30.8. The summed E-state index contributed by atoms with van der Waals surface area (Å²) in [5.41, 5.74) is 3.92. The number of nitrogens with one attached hydrogen (secondary N) is 2. The Morgan fingerprint density at radius 2 is 1.74 bits per heavy atom. The largest absolute Gasteiger partial charge is 0.508 e. The quantitative estimate of drug-likeness (QED) is 0.316. The van der Waals surface area contributed by atoms with Gasteiger partial charge in [-0.3, -0.25) is 9.59 Å². The first-order valence-electron chi connectivity index (χ1n) is 10.9. The Bertz CT molecular complexity index is 1300. The van der Waals surface area contributed by atoms with Gasteiger partial charge in [-0.25, -0.2) is 4.98 Å². The van der Waals surface area contributed by atoms with Crippen LogP contribution in [-0.4, -0.2) is 27.8 Å². The predicted octanol–water partition coefficient (Wildman–Crippen LogP) is 5.50. The zero-order valence-electron chi connectivity index (χ0n) is 18.9. The third kappa shape index (κ3) is 5.68. The van der Waals surface area contributed by atoms with Crippen LogP contribution in [0, 0.1) is 6.92 Å². The van der Waals surface area contributed by atoms with Crippen LogP contribution in [0.5, 0.6) is 5.75 Å². The number of carbonyl (C=O) groups is 2. The van der Waals surface area contributed by atoms with Gasteiger partial charge in [0.15, 0.2) is 10.9 Å². The number of aromatic hydroxyl groups is 1. The number of phenols is 1. The fourth-order valence-electron chi connectivity index (χ4n) is 3.59. The summed E-state index contributed by atoms with van der Waals surface area (Å²) in [5, 5.41) is 16.3. The molecule has 0 aliphatic rings. The summed E-state index contributed by atoms with van der Waals surface area (Å²) in [6.07, 6.45) is 0.443. The van der Waals surface area contributed by atoms with Gasteiger partial charge in [0.2, 0.25) is 0 Å². The van der Waals surface area contributed by atoms with Gasteiger partial charge < -0.3 is 15.7 Å². The average molecular weight is 472 g/mol. The molecule has 0 saturated carbocycles. The van der Waals surface area contributed by atoms with Crippen molar-refractivity contribution < 1.29 is 14.7 Å². The molecule has 0 aliphatic heterocycles. The minimum atomic E-state index is -0.596. The zero-order chi connectivity index (χ0) is 24.1. The van der Waals surface area contributed by atoms with Gasteiger partial charge in [0.25, 0.3) is 5.91 Å². The number of carbonyl (C=O) groups excluding carboxylic acids is 2. The molecule has 0 spiro atoms. The molecule has 1 aromatic heterocycles. The Labute approximate surface area is 202 Å². The maximum absolute atomic E-state index is 12.9. The van der Waals surface area contributed by atoms with Crippen LogP contribution in [0.2, 0.25) is 0 Å². The summed E-state index contributed by atoms with van der Waals surface area (Å²) in [7, 11) is 0. The molecule has 7 heteroatoms. The molecule has 0 bridgehead atoms. The molecule has 1 heterocycles. The van der Waals surface area contributed by atoms with E-state index in [0.717, 1.165) is 27.4 Å². The van der Waals surface area contributed by atoms with Crippen LogP contribution < -0.4 is 10.6 Å². The van der Waals surface area contributed by atoms with Gasteiger partial charge in [-0.2, -0.15) is 0 Å². The Balaban J connectivity index is 1.47. The van der Waals surface area contributed by atoms with Crippen LogP contribution in [0.25, 0.3) is 11.3 Å². The van der Waals surface area contributed by atoms with E-state index >= 15 is 0 Å². The minimum absolute atomic E-state index is 0.0912. The first kappa shape index (κ1) is 23.2. The van der Waals surface area contributed by atoms with Gasteiger partial charge in [-0.1, -0.05) is 36.4 Å². The van der Waals surface area contributed by atoms with E-state index in [-0.39, 0.29) is 17.4 Å². The maximum atomic E-state index is 12.9. The monoisotopic (exact) mass is 471 g/mol. The van der Waals surface area contributed by atoms with Gasteiger partial charge in [0.05, 0.1) is 11.7 Å². The fourth-order valence-corrected chi connectivity index (χ4v) is 4.44. The number of amides is 1. The van der Waals surface area contributed by atoms with Crippen molar-refractivity contribution in [2.45, 2.75) is 26.3 Å². The summed E-state index contributed by atoms with van der Waals surface area (Å²) in [6, 6.07) is 23.1. The van der Waals surface area contributed by atoms with Crippen LogP contribution in [0.15, 0.2) is 78.9 Å². The molecule has 0 aliphatic carbocycles. The fraction of sp³-hybridized carbons (Fsp3) is 0.148. The minimum Gasteiger partial charge on any atom is -0.508 e. The predicted molar refractivity (Wildman–Crippen MR) is 136 cm³/mol. The number of benzene rings is 3. The number of hydrogen-bond donors (Lipinski definition) is 3. The number of anilines is 2. The molecule has 34 heavy (non-hydrogen) atoms. The molecule has 6 nitrogen and oxygen atoms in total. The highest BCUT2D eigenvalue weighted by molar-refractivity contribution is 7.16. The Morgan fingerprint density at radius 1 is 1.00 bits per heavy atom. The third-order valence-electron chi connectivity index (χ3n) is 5.39. The molecule has 0 fully saturated rings. The number of nitrogens with zero attached hydrogens (tertiary/aromatic N) is 1. The molecular formula is C27H25N3O3S. The standard InChI is InChI=1S/C27H25N3O3S/c1-17(31)24(15-19-7-4-3-5-8-19)29-26(33)21-9-6-10-22(16-21)28-27-30-25(18(2)34-27)20-11-13-23(32)14-12-20/h3-14,16,24,32H,15H2,1-2H3,(H,28,30)(H,29,33)/t24-/m0/s1. The number of phenolic OH excluding ortho intramolecular Hbond substituents is 1. The summed E-state index contributed by atoms with van der Waals surface area (Å²) >= 11 is 1.51. The highest BCUT2D eigenvalue weighted by Crippen LogP contribution is 2.32. The van der Waals surface area contributed by atoms with Crippen molar-refractivity contribution in [3.63, 3.8) is 0 Å². The molecule has 0 unspecified atom stereocenters. The maximum Gasteiger partial charge on any atom is 0.251 e. The van der Waals surface area contributed by atoms with Crippen LogP contribution in [0.4, 0.5) is 10.8 Å². The van der Waals surface area contributed by atoms with E-state index in [1.54, 1.807) is 30.3 Å². The number of ketones is 1. The summed E-state index contributed by atoms with van der Waals surface area (Å²) < 4.78 is 0. The molecule has 4 aromatic rings. The lowest BCUT2D eigenvalue weighted by atomic mass is 10.0. The van der Waals surface area contributed by atoms with E-state index in [1.165, 1.54) is 18.3 Å². The van der Waals surface area contributed by atoms with E-state index in [4.69, 9.17) is 0 Å². The number of aromatic nitrogens is 1. The van der Waals surface area contributed by atoms with Gasteiger partial charge in [0, 0.05) is 21.7 Å². The van der Waals surface area contributed by atoms with Crippen LogP contribution in [-0.2, 0) is 11.2 Å². The molecule has 0 saturated heterocycles. The van der Waals surface area contributed by atoms with Crippen molar-refractivity contribution in [1.29, 1.82) is 0 Å². The van der Waals surface area contributed by atoms with E-state index < -0.39 is 6.04 Å². The van der Waals surface area contributed by atoms with Crippen LogP contribution in [0.3, 0.4) is 0 Å². The lowest BCUT2D eigenvalue weighted by Crippen LogP contribution is -2.41. The number of Topliss-reactive ketones (excluding diaryl/α,β-unsaturated/α-hetero) is 1. The van der Waals surface area contributed by atoms with Crippen molar-refractivity contribution >= 4 is 33.8 Å². The number of hydrogen-bond acceptors (Lipinski definition) is 6.